The van der Waals surface area contributed by atoms with E-state index in [0.717, 1.165) is 28.9 Å². The molecule has 0 saturated carbocycles. The molecule has 10 heteroatoms. The van der Waals surface area contributed by atoms with Gasteiger partial charge in [0.15, 0.2) is 0 Å². The number of nitrogens with two attached hydrogens (primary N) is 1. The molecule has 1 saturated heterocycles. The van der Waals surface area contributed by atoms with Gasteiger partial charge in [-0.2, -0.15) is 13.2 Å². The fourth-order valence-electron chi connectivity index (χ4n) is 4.74. The third-order valence-electron chi connectivity index (χ3n) is 6.59. The second-order valence-corrected chi connectivity index (χ2v) is 8.80. The molecule has 5 rings (SSSR count). The maximum Gasteiger partial charge on any atom is 0.416 e. The summed E-state index contributed by atoms with van der Waals surface area (Å²) in [6.07, 6.45) is -1.91. The Morgan fingerprint density at radius 2 is 2.00 bits per heavy atom. The van der Waals surface area contributed by atoms with Crippen LogP contribution >= 0.6 is 0 Å². The van der Waals surface area contributed by atoms with Gasteiger partial charge in [-0.05, 0) is 46.0 Å². The van der Waals surface area contributed by atoms with Gasteiger partial charge >= 0.3 is 6.18 Å². The summed E-state index contributed by atoms with van der Waals surface area (Å²) in [5, 5.41) is 2.91. The minimum absolute atomic E-state index is 0.0632. The predicted octanol–water partition coefficient (Wildman–Crippen LogP) is 3.29. The average molecular weight is 486 g/mol. The molecule has 2 aromatic carbocycles. The highest BCUT2D eigenvalue weighted by atomic mass is 19.4. The van der Waals surface area contributed by atoms with E-state index in [2.05, 4.69) is 21.2 Å². The number of benzene rings is 2. The van der Waals surface area contributed by atoms with Crippen LogP contribution in [0.2, 0.25) is 0 Å². The summed E-state index contributed by atoms with van der Waals surface area (Å²) in [6.45, 7) is 1.31. The van der Waals surface area contributed by atoms with Crippen LogP contribution in [0.4, 0.5) is 13.2 Å². The van der Waals surface area contributed by atoms with Crippen LogP contribution in [0.15, 0.2) is 48.7 Å². The number of hydrogen-bond donors (Lipinski definition) is 5. The molecule has 2 unspecified atom stereocenters. The largest absolute Gasteiger partial charge is 0.493 e. The van der Waals surface area contributed by atoms with Crippen LogP contribution in [0, 0.1) is 0 Å². The minimum atomic E-state index is -4.48. The van der Waals surface area contributed by atoms with Crippen molar-refractivity contribution in [1.29, 1.82) is 0 Å². The van der Waals surface area contributed by atoms with Crippen LogP contribution in [0.3, 0.4) is 0 Å². The number of ether oxygens (including phenoxy) is 1. The van der Waals surface area contributed by atoms with E-state index in [1.165, 1.54) is 12.1 Å². The van der Waals surface area contributed by atoms with Crippen LogP contribution in [0.1, 0.15) is 55.8 Å². The molecule has 0 aliphatic carbocycles. The van der Waals surface area contributed by atoms with Crippen LogP contribution in [0.5, 0.6) is 5.75 Å². The number of fused-ring (bicyclic) bond motifs is 1. The highest BCUT2D eigenvalue weighted by Gasteiger charge is 2.36. The van der Waals surface area contributed by atoms with Gasteiger partial charge in [-0.3, -0.25) is 10.2 Å². The molecule has 2 atom stereocenters. The van der Waals surface area contributed by atoms with E-state index in [-0.39, 0.29) is 30.0 Å². The number of carbonyl (C=O) groups is 1. The van der Waals surface area contributed by atoms with Gasteiger partial charge in [0.2, 0.25) is 0 Å². The van der Waals surface area contributed by atoms with E-state index in [1.54, 1.807) is 18.3 Å². The predicted molar refractivity (Wildman–Crippen MR) is 124 cm³/mol. The fourth-order valence-corrected chi connectivity index (χ4v) is 4.74. The Morgan fingerprint density at radius 3 is 2.80 bits per heavy atom. The van der Waals surface area contributed by atoms with Gasteiger partial charge in [0.25, 0.3) is 5.91 Å². The lowest BCUT2D eigenvalue weighted by molar-refractivity contribution is -0.138. The zero-order valence-corrected chi connectivity index (χ0v) is 18.8. The van der Waals surface area contributed by atoms with Crippen LogP contribution in [-0.2, 0) is 25.7 Å². The molecule has 1 aromatic heterocycles. The Balaban J connectivity index is 1.29. The number of rotatable bonds is 6. The number of hydrogen-bond acceptors (Lipinski definition) is 5. The molecule has 6 N–H and O–H groups in total. The van der Waals surface area contributed by atoms with Gasteiger partial charge in [-0.1, -0.05) is 24.3 Å². The topological polar surface area (TPSA) is 104 Å². The van der Waals surface area contributed by atoms with Crippen molar-refractivity contribution < 1.29 is 22.7 Å². The minimum Gasteiger partial charge on any atom is -0.493 e. The lowest BCUT2D eigenvalue weighted by Crippen LogP contribution is -2.25. The fraction of sp³-hybridized carbons (Fsp3) is 0.320. The smallest absolute Gasteiger partial charge is 0.416 e. The molecule has 0 radical (unpaired) electrons. The number of aromatic nitrogens is 1. The van der Waals surface area contributed by atoms with E-state index in [1.807, 2.05) is 18.2 Å². The van der Waals surface area contributed by atoms with E-state index in [0.29, 0.717) is 31.0 Å². The number of nitrogens with one attached hydrogen (secondary N) is 4. The molecule has 0 spiro atoms. The summed E-state index contributed by atoms with van der Waals surface area (Å²) in [6, 6.07) is 11.6. The molecule has 1 fully saturated rings. The normalized spacial score (nSPS) is 19.4. The highest BCUT2D eigenvalue weighted by molar-refractivity contribution is 5.92. The van der Waals surface area contributed by atoms with Gasteiger partial charge in [-0.15, -0.1) is 0 Å². The summed E-state index contributed by atoms with van der Waals surface area (Å²) < 4.78 is 46.1. The van der Waals surface area contributed by atoms with Crippen molar-refractivity contribution in [1.82, 2.24) is 21.2 Å². The molecule has 7 nitrogen and oxygen atoms in total. The maximum absolute atomic E-state index is 13.5. The number of amides is 1. The Hall–Kier alpha value is -3.34. The van der Waals surface area contributed by atoms with Crippen molar-refractivity contribution in [3.63, 3.8) is 0 Å². The summed E-state index contributed by atoms with van der Waals surface area (Å²) in [5.41, 5.74) is 14.8. The zero-order valence-electron chi connectivity index (χ0n) is 18.8. The third kappa shape index (κ3) is 4.77. The SMILES string of the molecule is NCc1ccc(C2CNNC2c2c[nH]c(C(=O)NCc3ccc4c(c3)CCO4)c2)cc1C(F)(F)F. The molecule has 0 bridgehead atoms. The van der Waals surface area contributed by atoms with Gasteiger partial charge < -0.3 is 20.8 Å². The van der Waals surface area contributed by atoms with Crippen LogP contribution < -0.4 is 26.6 Å². The van der Waals surface area contributed by atoms with E-state index in [4.69, 9.17) is 10.5 Å². The number of hydrazine groups is 1. The first-order valence-electron chi connectivity index (χ1n) is 11.4. The van der Waals surface area contributed by atoms with Crippen LogP contribution in [-0.4, -0.2) is 24.0 Å². The number of carbonyl (C=O) groups excluding carboxylic acids is 1. The van der Waals surface area contributed by atoms with Gasteiger partial charge in [0.1, 0.15) is 11.4 Å². The van der Waals surface area contributed by atoms with Crippen molar-refractivity contribution in [3.8, 4) is 5.75 Å². The second kappa shape index (κ2) is 9.37. The van der Waals surface area contributed by atoms with E-state index >= 15 is 0 Å². The molecule has 2 aliphatic rings. The lowest BCUT2D eigenvalue weighted by Gasteiger charge is -2.20. The van der Waals surface area contributed by atoms with Crippen molar-refractivity contribution in [2.45, 2.75) is 37.6 Å². The summed E-state index contributed by atoms with van der Waals surface area (Å²) in [5.74, 6) is 0.367. The van der Waals surface area contributed by atoms with Gasteiger partial charge in [-0.25, -0.2) is 5.43 Å². The maximum atomic E-state index is 13.5. The van der Waals surface area contributed by atoms with Crippen molar-refractivity contribution in [2.75, 3.05) is 13.2 Å². The molecule has 184 valence electrons. The Labute approximate surface area is 200 Å². The van der Waals surface area contributed by atoms with Crippen molar-refractivity contribution in [3.05, 3.63) is 87.7 Å². The lowest BCUT2D eigenvalue weighted by atomic mass is 9.87. The molecular formula is C25H26F3N5O2. The van der Waals surface area contributed by atoms with Crippen LogP contribution in [0.25, 0.3) is 0 Å². The number of alkyl halides is 3. The Bertz CT molecular complexity index is 1240. The summed E-state index contributed by atoms with van der Waals surface area (Å²) >= 11 is 0. The Morgan fingerprint density at radius 1 is 1.14 bits per heavy atom. The average Bonchev–Trinajstić information content (AvgIpc) is 3.61. The molecule has 2 aliphatic heterocycles. The quantitative estimate of drug-likeness (QED) is 0.369. The number of H-pyrrole nitrogens is 1. The number of halogens is 3. The number of aromatic amines is 1. The second-order valence-electron chi connectivity index (χ2n) is 8.80. The first-order valence-corrected chi connectivity index (χ1v) is 11.4. The van der Waals surface area contributed by atoms with Gasteiger partial charge in [0.05, 0.1) is 18.2 Å². The molecule has 3 aromatic rings. The van der Waals surface area contributed by atoms with E-state index < -0.39 is 11.7 Å². The third-order valence-corrected chi connectivity index (χ3v) is 6.59. The van der Waals surface area contributed by atoms with E-state index in [9.17, 15) is 18.0 Å². The zero-order chi connectivity index (χ0) is 24.6. The molecular weight excluding hydrogens is 459 g/mol. The standard InChI is InChI=1S/C25H26F3N5O2/c26-25(27,28)20-8-15(2-3-17(20)10-29)19-13-32-33-23(19)18-9-21(30-12-18)24(34)31-11-14-1-4-22-16(7-14)5-6-35-22/h1-4,7-9,12,19,23,30,32-33H,5-6,10-11,13,29H2,(H,31,34). The molecule has 35 heavy (non-hydrogen) atoms. The summed E-state index contributed by atoms with van der Waals surface area (Å²) in [7, 11) is 0. The molecule has 3 heterocycles. The Kier molecular flexibility index (Phi) is 6.26. The van der Waals surface area contributed by atoms with Crippen molar-refractivity contribution in [2.24, 2.45) is 5.73 Å². The van der Waals surface area contributed by atoms with Crippen molar-refractivity contribution >= 4 is 5.91 Å². The van der Waals surface area contributed by atoms with Gasteiger partial charge in [0, 0.05) is 38.2 Å². The first kappa shape index (κ1) is 23.4. The monoisotopic (exact) mass is 485 g/mol. The first-order chi connectivity index (χ1) is 16.8. The summed E-state index contributed by atoms with van der Waals surface area (Å²) in [4.78, 5) is 15.7. The highest BCUT2D eigenvalue weighted by Crippen LogP contribution is 2.38. The molecule has 1 amide bonds.